The quantitative estimate of drug-likeness (QED) is 0.236. The highest BCUT2D eigenvalue weighted by Crippen LogP contribution is 2.38. The molecule has 2 aliphatic heterocycles. The second-order valence-corrected chi connectivity index (χ2v) is 5.77. The summed E-state index contributed by atoms with van der Waals surface area (Å²) in [6.07, 6.45) is -16.4. The average Bonchev–Trinajstić information content (AvgIpc) is 2.54. The Labute approximate surface area is 130 Å². The van der Waals surface area contributed by atoms with Gasteiger partial charge in [0.1, 0.15) is 48.8 Å². The molecule has 23 heavy (non-hydrogen) atoms. The Morgan fingerprint density at radius 1 is 0.739 bits per heavy atom. The molecule has 0 radical (unpaired) electrons. The zero-order valence-electron chi connectivity index (χ0n) is 12.0. The minimum atomic E-state index is -2.64. The lowest BCUT2D eigenvalue weighted by Crippen LogP contribution is -2.77. The molecule has 0 aromatic carbocycles. The van der Waals surface area contributed by atoms with Crippen molar-refractivity contribution in [1.29, 1.82) is 0 Å². The predicted molar refractivity (Wildman–Crippen MR) is 68.7 cm³/mol. The molecule has 2 aliphatic rings. The highest BCUT2D eigenvalue weighted by atomic mass is 16.6. The Hall–Kier alpha value is -0.440. The van der Waals surface area contributed by atoms with E-state index in [0.717, 1.165) is 0 Å². The summed E-state index contributed by atoms with van der Waals surface area (Å²) in [7, 11) is 0. The molecule has 2 saturated heterocycles. The van der Waals surface area contributed by atoms with Gasteiger partial charge in [-0.15, -0.1) is 0 Å². The summed E-state index contributed by atoms with van der Waals surface area (Å²) in [6, 6.07) is 0. The third-order valence-corrected chi connectivity index (χ3v) is 4.42. The molecule has 0 saturated carbocycles. The Bertz CT molecular complexity index is 402. The van der Waals surface area contributed by atoms with Crippen LogP contribution in [0.2, 0.25) is 0 Å². The second-order valence-electron chi connectivity index (χ2n) is 5.77. The molecule has 136 valence electrons. The van der Waals surface area contributed by atoms with Crippen LogP contribution in [0.25, 0.3) is 0 Å². The van der Waals surface area contributed by atoms with Crippen LogP contribution >= 0.6 is 0 Å². The molecule has 0 unspecified atom stereocenters. The summed E-state index contributed by atoms with van der Waals surface area (Å²) in [5, 5.41) is 88.0. The Kier molecular flexibility index (Phi) is 5.60. The van der Waals surface area contributed by atoms with Crippen LogP contribution in [0.5, 0.6) is 0 Å². The lowest BCUT2D eigenvalue weighted by atomic mass is 9.75. The zero-order chi connectivity index (χ0) is 17.5. The van der Waals surface area contributed by atoms with E-state index in [9.17, 15) is 40.9 Å². The van der Waals surface area contributed by atoms with Crippen LogP contribution < -0.4 is 0 Å². The first-order valence-electron chi connectivity index (χ1n) is 7.03. The van der Waals surface area contributed by atoms with E-state index in [1.807, 2.05) is 0 Å². The van der Waals surface area contributed by atoms with Crippen LogP contribution in [-0.4, -0.2) is 120 Å². The molecular formula is C12H22O11. The van der Waals surface area contributed by atoms with Crippen molar-refractivity contribution in [1.82, 2.24) is 0 Å². The van der Waals surface area contributed by atoms with Crippen LogP contribution in [0.15, 0.2) is 0 Å². The van der Waals surface area contributed by atoms with Gasteiger partial charge in [-0.3, -0.25) is 0 Å². The molecule has 11 heteroatoms. The largest absolute Gasteiger partial charge is 0.394 e. The first-order chi connectivity index (χ1) is 10.7. The van der Waals surface area contributed by atoms with Gasteiger partial charge in [0.2, 0.25) is 0 Å². The molecule has 0 amide bonds. The van der Waals surface area contributed by atoms with Crippen molar-refractivity contribution in [2.24, 2.45) is 0 Å². The lowest BCUT2D eigenvalue weighted by Gasteiger charge is -2.54. The van der Waals surface area contributed by atoms with E-state index < -0.39 is 73.9 Å². The van der Waals surface area contributed by atoms with Crippen LogP contribution in [-0.2, 0) is 9.47 Å². The third kappa shape index (κ3) is 2.88. The molecule has 0 aromatic rings. The number of hydrogen-bond acceptors (Lipinski definition) is 11. The number of ether oxygens (including phenoxy) is 2. The average molecular weight is 342 g/mol. The summed E-state index contributed by atoms with van der Waals surface area (Å²) in [5.41, 5.74) is -2.64. The van der Waals surface area contributed by atoms with E-state index in [2.05, 4.69) is 0 Å². The number of aliphatic hydroxyl groups excluding tert-OH is 8. The van der Waals surface area contributed by atoms with Gasteiger partial charge in [-0.1, -0.05) is 0 Å². The van der Waals surface area contributed by atoms with Crippen LogP contribution in [0, 0.1) is 0 Å². The maximum absolute atomic E-state index is 10.7. The summed E-state index contributed by atoms with van der Waals surface area (Å²) in [5.74, 6) is 0. The van der Waals surface area contributed by atoms with Gasteiger partial charge < -0.3 is 55.4 Å². The van der Waals surface area contributed by atoms with Gasteiger partial charge in [-0.2, -0.15) is 0 Å². The molecule has 0 spiro atoms. The molecule has 0 aromatic heterocycles. The fourth-order valence-corrected chi connectivity index (χ4v) is 3.00. The van der Waals surface area contributed by atoms with Gasteiger partial charge in [0.05, 0.1) is 13.2 Å². The fraction of sp³-hybridized carbons (Fsp3) is 1.00. The Morgan fingerprint density at radius 3 is 1.87 bits per heavy atom. The fourth-order valence-electron chi connectivity index (χ4n) is 3.00. The van der Waals surface area contributed by atoms with Gasteiger partial charge in [0.15, 0.2) is 11.9 Å². The molecule has 2 fully saturated rings. The van der Waals surface area contributed by atoms with E-state index in [4.69, 9.17) is 14.6 Å². The van der Waals surface area contributed by atoms with Gasteiger partial charge in [0.25, 0.3) is 0 Å². The minimum absolute atomic E-state index is 0.774. The number of aliphatic hydroxyl groups is 9. The molecule has 10 atom stereocenters. The SMILES string of the molecule is OC[C@H]1O[C@@H]([C@]2(O)[C@H](O)[C@@H](O)[C@@H](O)O[C@@H]2CO)[C@H](O)[C@@H](O)[C@H]1O. The van der Waals surface area contributed by atoms with Crippen LogP contribution in [0.3, 0.4) is 0 Å². The molecular weight excluding hydrogens is 320 g/mol. The van der Waals surface area contributed by atoms with Crippen LogP contribution in [0.4, 0.5) is 0 Å². The van der Waals surface area contributed by atoms with Gasteiger partial charge >= 0.3 is 0 Å². The number of rotatable bonds is 3. The normalized spacial score (nSPS) is 54.9. The van der Waals surface area contributed by atoms with E-state index >= 15 is 0 Å². The van der Waals surface area contributed by atoms with Crippen LogP contribution in [0.1, 0.15) is 0 Å². The highest BCUT2D eigenvalue weighted by Gasteiger charge is 2.63. The first kappa shape index (κ1) is 18.9. The Morgan fingerprint density at radius 2 is 1.35 bits per heavy atom. The minimum Gasteiger partial charge on any atom is -0.394 e. The molecule has 9 N–H and O–H groups in total. The van der Waals surface area contributed by atoms with E-state index in [-0.39, 0.29) is 0 Å². The lowest BCUT2D eigenvalue weighted by molar-refractivity contribution is -0.367. The topological polar surface area (TPSA) is 201 Å². The summed E-state index contributed by atoms with van der Waals surface area (Å²) in [4.78, 5) is 0. The predicted octanol–water partition coefficient (Wildman–Crippen LogP) is -6.01. The summed E-state index contributed by atoms with van der Waals surface area (Å²) < 4.78 is 9.97. The van der Waals surface area contributed by atoms with Gasteiger partial charge in [0, 0.05) is 0 Å². The first-order valence-corrected chi connectivity index (χ1v) is 7.03. The molecule has 0 bridgehead atoms. The molecule has 2 rings (SSSR count). The van der Waals surface area contributed by atoms with Crippen molar-refractivity contribution < 1.29 is 55.4 Å². The van der Waals surface area contributed by atoms with Crippen molar-refractivity contribution in [3.63, 3.8) is 0 Å². The zero-order valence-corrected chi connectivity index (χ0v) is 12.0. The summed E-state index contributed by atoms with van der Waals surface area (Å²) in [6.45, 7) is -1.70. The van der Waals surface area contributed by atoms with Crippen molar-refractivity contribution >= 4 is 0 Å². The second kappa shape index (κ2) is 6.82. The summed E-state index contributed by atoms with van der Waals surface area (Å²) >= 11 is 0. The van der Waals surface area contributed by atoms with Gasteiger partial charge in [-0.25, -0.2) is 0 Å². The number of hydrogen-bond donors (Lipinski definition) is 9. The highest BCUT2D eigenvalue weighted by molar-refractivity contribution is 5.11. The van der Waals surface area contributed by atoms with Crippen molar-refractivity contribution in [3.05, 3.63) is 0 Å². The molecule has 0 aliphatic carbocycles. The molecule has 11 nitrogen and oxygen atoms in total. The Balaban J connectivity index is 2.38. The standard InChI is InChI=1S/C12H22O11/c13-1-3-5(15)6(16)7(17)10(22-3)12(21)4(2-14)23-11(20)8(18)9(12)19/h3-11,13-21H,1-2H2/t3-,4-,5+,6+,7-,8-,9-,10-,11+,12-/m1/s1. The smallest absolute Gasteiger partial charge is 0.184 e. The molecule has 2 heterocycles. The maximum atomic E-state index is 10.7. The van der Waals surface area contributed by atoms with E-state index in [1.54, 1.807) is 0 Å². The van der Waals surface area contributed by atoms with E-state index in [0.29, 0.717) is 0 Å². The van der Waals surface area contributed by atoms with E-state index in [1.165, 1.54) is 0 Å². The van der Waals surface area contributed by atoms with Gasteiger partial charge in [-0.05, 0) is 0 Å². The monoisotopic (exact) mass is 342 g/mol. The van der Waals surface area contributed by atoms with Crippen molar-refractivity contribution in [2.75, 3.05) is 13.2 Å². The van der Waals surface area contributed by atoms with Crippen molar-refractivity contribution in [2.45, 2.75) is 60.7 Å². The maximum Gasteiger partial charge on any atom is 0.184 e. The van der Waals surface area contributed by atoms with Crippen molar-refractivity contribution in [3.8, 4) is 0 Å². The third-order valence-electron chi connectivity index (χ3n) is 4.42.